The summed E-state index contributed by atoms with van der Waals surface area (Å²) in [6.07, 6.45) is 5.16. The summed E-state index contributed by atoms with van der Waals surface area (Å²) in [5.74, 6) is 0.480. The van der Waals surface area contributed by atoms with E-state index < -0.39 is 0 Å². The van der Waals surface area contributed by atoms with Crippen LogP contribution < -0.4 is 0 Å². The van der Waals surface area contributed by atoms with Crippen molar-refractivity contribution in [3.63, 3.8) is 0 Å². The van der Waals surface area contributed by atoms with E-state index >= 15 is 0 Å². The first-order valence-electron chi connectivity index (χ1n) is 6.64. The van der Waals surface area contributed by atoms with Crippen LogP contribution in [0, 0.1) is 0 Å². The molecule has 2 heteroatoms. The Morgan fingerprint density at radius 1 is 1.06 bits per heavy atom. The van der Waals surface area contributed by atoms with Crippen LogP contribution in [0.5, 0.6) is 0 Å². The number of Topliss-reactive ketones (excluding diaryl/α,β-unsaturated/α-hetero) is 1. The fraction of sp³-hybridized carbons (Fsp3) is 0.533. The van der Waals surface area contributed by atoms with Gasteiger partial charge in [-0.15, -0.1) is 0 Å². The van der Waals surface area contributed by atoms with Crippen LogP contribution >= 0.6 is 0 Å². The summed E-state index contributed by atoms with van der Waals surface area (Å²) in [6, 6.07) is 11.7. The lowest BCUT2D eigenvalue weighted by Crippen LogP contribution is -2.44. The van der Waals surface area contributed by atoms with Crippen molar-refractivity contribution in [2.24, 2.45) is 0 Å². The lowest BCUT2D eigenvalue weighted by Gasteiger charge is -2.33. The second-order valence-corrected chi connectivity index (χ2v) is 5.31. The zero-order valence-corrected chi connectivity index (χ0v) is 10.1. The second kappa shape index (κ2) is 4.61. The van der Waals surface area contributed by atoms with Crippen LogP contribution in [0.3, 0.4) is 0 Å². The molecule has 2 nitrogen and oxygen atoms in total. The van der Waals surface area contributed by atoms with Crippen LogP contribution in [-0.2, 0) is 11.2 Å². The number of carbonyl (C=O) groups excluding carboxylic acids is 1. The van der Waals surface area contributed by atoms with Gasteiger partial charge in [0.25, 0.3) is 0 Å². The molecule has 2 atom stereocenters. The summed E-state index contributed by atoms with van der Waals surface area (Å²) in [7, 11) is 0. The Kier molecular flexibility index (Phi) is 2.98. The molecule has 0 radical (unpaired) electrons. The van der Waals surface area contributed by atoms with Crippen molar-refractivity contribution in [2.75, 3.05) is 6.54 Å². The van der Waals surface area contributed by atoms with Crippen LogP contribution in [0.1, 0.15) is 31.2 Å². The van der Waals surface area contributed by atoms with Gasteiger partial charge in [0.15, 0.2) is 0 Å². The molecule has 0 saturated carbocycles. The zero-order chi connectivity index (χ0) is 11.7. The maximum Gasteiger partial charge on any atom is 0.136 e. The van der Waals surface area contributed by atoms with E-state index in [1.807, 2.05) is 0 Å². The predicted octanol–water partition coefficient (Wildman–Crippen LogP) is 2.43. The van der Waals surface area contributed by atoms with Gasteiger partial charge < -0.3 is 0 Å². The van der Waals surface area contributed by atoms with Gasteiger partial charge >= 0.3 is 0 Å². The zero-order valence-electron chi connectivity index (χ0n) is 10.1. The first kappa shape index (κ1) is 11.0. The van der Waals surface area contributed by atoms with Crippen molar-refractivity contribution in [3.05, 3.63) is 35.9 Å². The average molecular weight is 229 g/mol. The van der Waals surface area contributed by atoms with E-state index in [0.29, 0.717) is 17.9 Å². The largest absolute Gasteiger partial charge is 0.300 e. The Morgan fingerprint density at radius 3 is 2.35 bits per heavy atom. The van der Waals surface area contributed by atoms with Gasteiger partial charge in [-0.25, -0.2) is 0 Å². The molecule has 2 aliphatic rings. The first-order chi connectivity index (χ1) is 8.33. The first-order valence-corrected chi connectivity index (χ1v) is 6.64. The van der Waals surface area contributed by atoms with Gasteiger partial charge in [-0.1, -0.05) is 30.3 Å². The molecular weight excluding hydrogens is 210 g/mol. The molecule has 2 heterocycles. The van der Waals surface area contributed by atoms with Gasteiger partial charge in [-0.3, -0.25) is 9.69 Å². The summed E-state index contributed by atoms with van der Waals surface area (Å²) in [6.45, 7) is 1.12. The molecule has 3 rings (SSSR count). The fourth-order valence-electron chi connectivity index (χ4n) is 3.33. The Labute approximate surface area is 103 Å². The molecule has 90 valence electrons. The van der Waals surface area contributed by atoms with Crippen LogP contribution in [0.2, 0.25) is 0 Å². The van der Waals surface area contributed by atoms with Gasteiger partial charge in [0, 0.05) is 31.5 Å². The van der Waals surface area contributed by atoms with E-state index in [-0.39, 0.29) is 0 Å². The topological polar surface area (TPSA) is 20.3 Å². The highest BCUT2D eigenvalue weighted by atomic mass is 16.1. The molecule has 2 saturated heterocycles. The Bertz CT molecular complexity index is 385. The Balaban J connectivity index is 1.61. The van der Waals surface area contributed by atoms with Gasteiger partial charge in [0.05, 0.1) is 0 Å². The number of benzene rings is 1. The van der Waals surface area contributed by atoms with Crippen LogP contribution in [0.15, 0.2) is 30.3 Å². The van der Waals surface area contributed by atoms with Crippen LogP contribution in [-0.4, -0.2) is 29.3 Å². The summed E-state index contributed by atoms with van der Waals surface area (Å²) in [4.78, 5) is 14.1. The van der Waals surface area contributed by atoms with E-state index in [9.17, 15) is 4.79 Å². The van der Waals surface area contributed by atoms with Crippen molar-refractivity contribution in [1.82, 2.24) is 4.90 Å². The smallest absolute Gasteiger partial charge is 0.136 e. The SMILES string of the molecule is O=C1C[C@H]2CC[C@@H](C1)N2CCc1ccccc1. The van der Waals surface area contributed by atoms with Crippen molar-refractivity contribution in [3.8, 4) is 0 Å². The van der Waals surface area contributed by atoms with E-state index in [4.69, 9.17) is 0 Å². The minimum absolute atomic E-state index is 0.480. The Morgan fingerprint density at radius 2 is 1.71 bits per heavy atom. The van der Waals surface area contributed by atoms with Crippen LogP contribution in [0.25, 0.3) is 0 Å². The number of rotatable bonds is 3. The third-order valence-electron chi connectivity index (χ3n) is 4.20. The van der Waals surface area contributed by atoms with E-state index in [1.54, 1.807) is 0 Å². The number of carbonyl (C=O) groups is 1. The monoisotopic (exact) mass is 229 g/mol. The van der Waals surface area contributed by atoms with E-state index in [1.165, 1.54) is 18.4 Å². The predicted molar refractivity (Wildman–Crippen MR) is 67.9 cm³/mol. The third-order valence-corrected chi connectivity index (χ3v) is 4.20. The molecule has 17 heavy (non-hydrogen) atoms. The highest BCUT2D eigenvalue weighted by Crippen LogP contribution is 2.33. The molecule has 0 aliphatic carbocycles. The van der Waals surface area contributed by atoms with E-state index in [2.05, 4.69) is 35.2 Å². The minimum Gasteiger partial charge on any atom is -0.300 e. The molecule has 1 aromatic carbocycles. The quantitative estimate of drug-likeness (QED) is 0.793. The van der Waals surface area contributed by atoms with Crippen molar-refractivity contribution >= 4 is 5.78 Å². The van der Waals surface area contributed by atoms with E-state index in [0.717, 1.165) is 25.8 Å². The molecule has 0 unspecified atom stereocenters. The number of hydrogen-bond donors (Lipinski definition) is 0. The number of piperidine rings is 1. The average Bonchev–Trinajstić information content (AvgIpc) is 2.59. The molecule has 1 aromatic rings. The molecule has 0 aromatic heterocycles. The molecule has 2 aliphatic heterocycles. The summed E-state index contributed by atoms with van der Waals surface area (Å²) >= 11 is 0. The minimum atomic E-state index is 0.480. The Hall–Kier alpha value is -1.15. The molecule has 0 amide bonds. The summed E-state index contributed by atoms with van der Waals surface area (Å²) in [5.41, 5.74) is 1.41. The highest BCUT2D eigenvalue weighted by Gasteiger charge is 2.39. The number of fused-ring (bicyclic) bond motifs is 2. The lowest BCUT2D eigenvalue weighted by molar-refractivity contribution is -0.123. The van der Waals surface area contributed by atoms with Crippen molar-refractivity contribution in [2.45, 2.75) is 44.2 Å². The van der Waals surface area contributed by atoms with Gasteiger partial charge in [0.2, 0.25) is 0 Å². The molecule has 0 spiro atoms. The van der Waals surface area contributed by atoms with Crippen LogP contribution in [0.4, 0.5) is 0 Å². The standard InChI is InChI=1S/C15H19NO/c17-15-10-13-6-7-14(11-15)16(13)9-8-12-4-2-1-3-5-12/h1-5,13-14H,6-11H2/t13-,14+. The third kappa shape index (κ3) is 2.27. The van der Waals surface area contributed by atoms with Gasteiger partial charge in [-0.05, 0) is 24.8 Å². The number of hydrogen-bond acceptors (Lipinski definition) is 2. The molecule has 2 bridgehead atoms. The van der Waals surface area contributed by atoms with Gasteiger partial charge in [0.1, 0.15) is 5.78 Å². The maximum atomic E-state index is 11.5. The number of nitrogens with zero attached hydrogens (tertiary/aromatic N) is 1. The normalized spacial score (nSPS) is 28.6. The van der Waals surface area contributed by atoms with Crippen molar-refractivity contribution in [1.29, 1.82) is 0 Å². The van der Waals surface area contributed by atoms with Gasteiger partial charge in [-0.2, -0.15) is 0 Å². The highest BCUT2D eigenvalue weighted by molar-refractivity contribution is 5.80. The summed E-state index contributed by atoms with van der Waals surface area (Å²) < 4.78 is 0. The van der Waals surface area contributed by atoms with Crippen molar-refractivity contribution < 1.29 is 4.79 Å². The molecule has 0 N–H and O–H groups in total. The number of ketones is 1. The maximum absolute atomic E-state index is 11.5. The molecule has 2 fully saturated rings. The fourth-order valence-corrected chi connectivity index (χ4v) is 3.33. The summed E-state index contributed by atoms with van der Waals surface area (Å²) in [5, 5.41) is 0. The molecular formula is C15H19NO. The second-order valence-electron chi connectivity index (χ2n) is 5.31. The lowest BCUT2D eigenvalue weighted by atomic mass is 10.0.